The molecule has 122 valence electrons. The van der Waals surface area contributed by atoms with Crippen LogP contribution in [0.3, 0.4) is 0 Å². The first-order valence-corrected chi connectivity index (χ1v) is 6.56. The minimum Gasteiger partial charge on any atom is -0.352 e. The second-order valence-electron chi connectivity index (χ2n) is 5.78. The highest BCUT2D eigenvalue weighted by molar-refractivity contribution is 5.85. The van der Waals surface area contributed by atoms with E-state index in [1.807, 2.05) is 40.1 Å². The van der Waals surface area contributed by atoms with E-state index in [0.29, 0.717) is 13.1 Å². The fourth-order valence-corrected chi connectivity index (χ4v) is 1.73. The maximum absolute atomic E-state index is 12.0. The summed E-state index contributed by atoms with van der Waals surface area (Å²) < 4.78 is 0. The maximum atomic E-state index is 12.0. The third-order valence-corrected chi connectivity index (χ3v) is 3.17. The largest absolute Gasteiger partial charge is 0.352 e. The Hall–Kier alpha value is -0.810. The first kappa shape index (κ1) is 22.5. The Labute approximate surface area is 140 Å². The van der Waals surface area contributed by atoms with Gasteiger partial charge in [0.2, 0.25) is 5.91 Å². The fourth-order valence-electron chi connectivity index (χ4n) is 1.73. The standard InChI is InChI=1S/C15H25N3O.2ClH/c1-15(2,11-16)14(19)17-9-12-7-5-6-8-13(12)10-18(3)4;;/h5-8H,9-11,16H2,1-4H3,(H,17,19);2*1H. The van der Waals surface area contributed by atoms with E-state index in [1.165, 1.54) is 5.56 Å². The predicted molar refractivity (Wildman–Crippen MR) is 93.0 cm³/mol. The van der Waals surface area contributed by atoms with Gasteiger partial charge in [-0.25, -0.2) is 0 Å². The Morgan fingerprint density at radius 3 is 2.19 bits per heavy atom. The monoisotopic (exact) mass is 335 g/mol. The lowest BCUT2D eigenvalue weighted by Crippen LogP contribution is -2.41. The zero-order valence-electron chi connectivity index (χ0n) is 13.2. The van der Waals surface area contributed by atoms with Crippen molar-refractivity contribution in [2.24, 2.45) is 11.1 Å². The van der Waals surface area contributed by atoms with E-state index in [4.69, 9.17) is 5.73 Å². The molecule has 0 saturated carbocycles. The van der Waals surface area contributed by atoms with Crippen molar-refractivity contribution in [3.8, 4) is 0 Å². The Bertz CT molecular complexity index is 437. The van der Waals surface area contributed by atoms with Crippen molar-refractivity contribution in [3.63, 3.8) is 0 Å². The molecule has 0 fully saturated rings. The molecule has 0 spiro atoms. The number of halogens is 2. The van der Waals surface area contributed by atoms with E-state index in [1.54, 1.807) is 0 Å². The summed E-state index contributed by atoms with van der Waals surface area (Å²) in [7, 11) is 4.07. The van der Waals surface area contributed by atoms with Crippen LogP contribution in [0.15, 0.2) is 24.3 Å². The molecular weight excluding hydrogens is 309 g/mol. The Balaban J connectivity index is 0. The number of nitrogens with two attached hydrogens (primary N) is 1. The van der Waals surface area contributed by atoms with Gasteiger partial charge in [0, 0.05) is 19.6 Å². The van der Waals surface area contributed by atoms with Gasteiger partial charge in [-0.1, -0.05) is 24.3 Å². The highest BCUT2D eigenvalue weighted by Gasteiger charge is 2.25. The van der Waals surface area contributed by atoms with Gasteiger partial charge in [-0.3, -0.25) is 4.79 Å². The van der Waals surface area contributed by atoms with Gasteiger partial charge in [0.05, 0.1) is 5.41 Å². The van der Waals surface area contributed by atoms with Crippen LogP contribution in [0.25, 0.3) is 0 Å². The summed E-state index contributed by atoms with van der Waals surface area (Å²) in [5.74, 6) is -0.00495. The van der Waals surface area contributed by atoms with Crippen molar-refractivity contribution >= 4 is 30.7 Å². The molecule has 3 N–H and O–H groups in total. The summed E-state index contributed by atoms with van der Waals surface area (Å²) in [5, 5.41) is 2.97. The van der Waals surface area contributed by atoms with Gasteiger partial charge >= 0.3 is 0 Å². The molecule has 4 nitrogen and oxygen atoms in total. The lowest BCUT2D eigenvalue weighted by atomic mass is 9.92. The van der Waals surface area contributed by atoms with Crippen LogP contribution in [0.4, 0.5) is 0 Å². The Kier molecular flexibility index (Phi) is 10.7. The maximum Gasteiger partial charge on any atom is 0.227 e. The molecule has 0 aliphatic heterocycles. The average molecular weight is 336 g/mol. The third-order valence-electron chi connectivity index (χ3n) is 3.17. The van der Waals surface area contributed by atoms with Gasteiger partial charge in [0.25, 0.3) is 0 Å². The van der Waals surface area contributed by atoms with Gasteiger partial charge in [0.15, 0.2) is 0 Å². The van der Waals surface area contributed by atoms with E-state index >= 15 is 0 Å². The van der Waals surface area contributed by atoms with Crippen LogP contribution >= 0.6 is 24.8 Å². The molecule has 0 unspecified atom stereocenters. The first-order valence-electron chi connectivity index (χ1n) is 6.56. The van der Waals surface area contributed by atoms with Crippen LogP contribution in [-0.4, -0.2) is 31.4 Å². The minimum atomic E-state index is -0.517. The van der Waals surface area contributed by atoms with Gasteiger partial charge in [-0.2, -0.15) is 0 Å². The van der Waals surface area contributed by atoms with Crippen molar-refractivity contribution in [1.29, 1.82) is 0 Å². The fraction of sp³-hybridized carbons (Fsp3) is 0.533. The lowest BCUT2D eigenvalue weighted by molar-refractivity contribution is -0.129. The van der Waals surface area contributed by atoms with Crippen LogP contribution in [0, 0.1) is 5.41 Å². The second-order valence-corrected chi connectivity index (χ2v) is 5.78. The van der Waals surface area contributed by atoms with Crippen LogP contribution < -0.4 is 11.1 Å². The van der Waals surface area contributed by atoms with E-state index in [-0.39, 0.29) is 30.7 Å². The molecule has 1 aromatic carbocycles. The summed E-state index contributed by atoms with van der Waals surface area (Å²) in [6, 6.07) is 8.16. The van der Waals surface area contributed by atoms with Crippen LogP contribution in [0.1, 0.15) is 25.0 Å². The SMILES string of the molecule is CN(C)Cc1ccccc1CNC(=O)C(C)(C)CN.Cl.Cl. The number of hydrogen-bond acceptors (Lipinski definition) is 3. The number of hydrogen-bond donors (Lipinski definition) is 2. The number of carbonyl (C=O) groups excluding carboxylic acids is 1. The highest BCUT2D eigenvalue weighted by Crippen LogP contribution is 2.14. The quantitative estimate of drug-likeness (QED) is 0.837. The van der Waals surface area contributed by atoms with Gasteiger partial charge in [-0.15, -0.1) is 24.8 Å². The van der Waals surface area contributed by atoms with E-state index in [2.05, 4.69) is 22.3 Å². The molecule has 0 aromatic heterocycles. The highest BCUT2D eigenvalue weighted by atomic mass is 35.5. The zero-order valence-corrected chi connectivity index (χ0v) is 14.8. The van der Waals surface area contributed by atoms with Crippen LogP contribution in [0.2, 0.25) is 0 Å². The lowest BCUT2D eigenvalue weighted by Gasteiger charge is -2.22. The van der Waals surface area contributed by atoms with Crippen LogP contribution in [-0.2, 0) is 17.9 Å². The number of rotatable bonds is 6. The van der Waals surface area contributed by atoms with E-state index in [9.17, 15) is 4.79 Å². The summed E-state index contributed by atoms with van der Waals surface area (Å²) >= 11 is 0. The molecule has 0 heterocycles. The number of amides is 1. The molecular formula is C15H27Cl2N3O. The molecule has 0 radical (unpaired) electrons. The minimum absolute atomic E-state index is 0. The first-order chi connectivity index (χ1) is 8.86. The molecule has 0 bridgehead atoms. The molecule has 6 heteroatoms. The normalized spacial score (nSPS) is 10.6. The summed E-state index contributed by atoms with van der Waals surface area (Å²) in [6.07, 6.45) is 0. The number of nitrogens with one attached hydrogen (secondary N) is 1. The Morgan fingerprint density at radius 2 is 1.71 bits per heavy atom. The molecule has 0 atom stereocenters. The molecule has 1 amide bonds. The second kappa shape index (κ2) is 10.0. The average Bonchev–Trinajstić information content (AvgIpc) is 2.36. The van der Waals surface area contributed by atoms with Gasteiger partial charge in [0.1, 0.15) is 0 Å². The Morgan fingerprint density at radius 1 is 1.19 bits per heavy atom. The van der Waals surface area contributed by atoms with E-state index in [0.717, 1.165) is 12.1 Å². The molecule has 0 aliphatic rings. The van der Waals surface area contributed by atoms with Crippen molar-refractivity contribution in [2.45, 2.75) is 26.9 Å². The van der Waals surface area contributed by atoms with E-state index < -0.39 is 5.41 Å². The topological polar surface area (TPSA) is 58.4 Å². The smallest absolute Gasteiger partial charge is 0.227 e. The van der Waals surface area contributed by atoms with Crippen molar-refractivity contribution < 1.29 is 4.79 Å². The molecule has 21 heavy (non-hydrogen) atoms. The molecule has 1 aromatic rings. The van der Waals surface area contributed by atoms with Crippen molar-refractivity contribution in [3.05, 3.63) is 35.4 Å². The van der Waals surface area contributed by atoms with Crippen LogP contribution in [0.5, 0.6) is 0 Å². The van der Waals surface area contributed by atoms with Gasteiger partial charge < -0.3 is 16.0 Å². The number of nitrogens with zero attached hydrogens (tertiary/aromatic N) is 1. The zero-order chi connectivity index (χ0) is 14.5. The predicted octanol–water partition coefficient (Wildman–Crippen LogP) is 2.19. The number of carbonyl (C=O) groups is 1. The van der Waals surface area contributed by atoms with Crippen molar-refractivity contribution in [1.82, 2.24) is 10.2 Å². The summed E-state index contributed by atoms with van der Waals surface area (Å²) in [6.45, 7) is 5.47. The molecule has 0 saturated heterocycles. The summed E-state index contributed by atoms with van der Waals surface area (Å²) in [5.41, 5.74) is 7.47. The molecule has 0 aliphatic carbocycles. The number of benzene rings is 1. The third kappa shape index (κ3) is 7.14. The van der Waals surface area contributed by atoms with Gasteiger partial charge in [-0.05, 0) is 39.1 Å². The summed E-state index contributed by atoms with van der Waals surface area (Å²) in [4.78, 5) is 14.1. The molecule has 1 rings (SSSR count). The van der Waals surface area contributed by atoms with Crippen molar-refractivity contribution in [2.75, 3.05) is 20.6 Å².